The standard InChI is InChI=1S/C23H27N3O4S/c1-30-19-10-4-3-8-17(19)14-25(15-18-9-7-13-31-18)20(27)16-26-21(28)23(24-22(26)29)11-5-2-6-12-23/h3-4,7-10,13H,2,5-6,11-12,14-16H2,1H3,(H,24,29). The van der Waals surface area contributed by atoms with Crippen LogP contribution in [-0.2, 0) is 22.7 Å². The van der Waals surface area contributed by atoms with Gasteiger partial charge in [0.05, 0.1) is 13.7 Å². The number of thiophene rings is 1. The molecule has 2 heterocycles. The van der Waals surface area contributed by atoms with Gasteiger partial charge in [-0.3, -0.25) is 14.5 Å². The van der Waals surface area contributed by atoms with Crippen LogP contribution in [0.4, 0.5) is 4.79 Å². The number of rotatable bonds is 7. The monoisotopic (exact) mass is 441 g/mol. The van der Waals surface area contributed by atoms with Gasteiger partial charge in [0.15, 0.2) is 0 Å². The van der Waals surface area contributed by atoms with Gasteiger partial charge in [-0.2, -0.15) is 0 Å². The number of imide groups is 1. The topological polar surface area (TPSA) is 79.0 Å². The highest BCUT2D eigenvalue weighted by Crippen LogP contribution is 2.33. The summed E-state index contributed by atoms with van der Waals surface area (Å²) in [6.45, 7) is 0.478. The molecule has 31 heavy (non-hydrogen) atoms. The van der Waals surface area contributed by atoms with Gasteiger partial charge in [0, 0.05) is 17.0 Å². The molecule has 4 rings (SSSR count). The van der Waals surface area contributed by atoms with Gasteiger partial charge in [0.2, 0.25) is 5.91 Å². The normalized spacial score (nSPS) is 17.6. The molecule has 2 fully saturated rings. The second-order valence-corrected chi connectivity index (χ2v) is 9.14. The van der Waals surface area contributed by atoms with E-state index in [0.29, 0.717) is 31.7 Å². The summed E-state index contributed by atoms with van der Waals surface area (Å²) < 4.78 is 5.44. The number of nitrogens with zero attached hydrogens (tertiary/aromatic N) is 2. The van der Waals surface area contributed by atoms with E-state index in [4.69, 9.17) is 4.74 Å². The first-order chi connectivity index (χ1) is 15.0. The fourth-order valence-electron chi connectivity index (χ4n) is 4.41. The number of ether oxygens (including phenoxy) is 1. The smallest absolute Gasteiger partial charge is 0.325 e. The highest BCUT2D eigenvalue weighted by atomic mass is 32.1. The molecular weight excluding hydrogens is 414 g/mol. The molecule has 2 aromatic rings. The minimum absolute atomic E-state index is 0.257. The molecule has 2 aliphatic rings. The lowest BCUT2D eigenvalue weighted by molar-refractivity contribution is -0.140. The Kier molecular flexibility index (Phi) is 6.27. The lowest BCUT2D eigenvalue weighted by Gasteiger charge is -2.30. The molecule has 0 atom stereocenters. The van der Waals surface area contributed by atoms with Crippen molar-refractivity contribution >= 4 is 29.2 Å². The van der Waals surface area contributed by atoms with Gasteiger partial charge in [-0.05, 0) is 30.4 Å². The predicted molar refractivity (Wildman–Crippen MR) is 118 cm³/mol. The van der Waals surface area contributed by atoms with E-state index in [9.17, 15) is 14.4 Å². The SMILES string of the molecule is COc1ccccc1CN(Cc1cccs1)C(=O)CN1C(=O)NC2(CCCCC2)C1=O. The second-order valence-electron chi connectivity index (χ2n) is 8.11. The van der Waals surface area contributed by atoms with E-state index in [-0.39, 0.29) is 18.4 Å². The van der Waals surface area contributed by atoms with Crippen molar-refractivity contribution in [2.75, 3.05) is 13.7 Å². The van der Waals surface area contributed by atoms with Crippen LogP contribution in [0.5, 0.6) is 5.75 Å². The van der Waals surface area contributed by atoms with Crippen molar-refractivity contribution in [3.05, 3.63) is 52.2 Å². The van der Waals surface area contributed by atoms with E-state index in [0.717, 1.165) is 34.6 Å². The number of urea groups is 1. The molecule has 0 bridgehead atoms. The number of carbonyl (C=O) groups is 3. The van der Waals surface area contributed by atoms with Crippen LogP contribution < -0.4 is 10.1 Å². The fraction of sp³-hybridized carbons (Fsp3) is 0.435. The third-order valence-corrected chi connectivity index (χ3v) is 6.94. The van der Waals surface area contributed by atoms with Crippen LogP contribution in [0.25, 0.3) is 0 Å². The highest BCUT2D eigenvalue weighted by molar-refractivity contribution is 7.09. The molecule has 1 aliphatic carbocycles. The summed E-state index contributed by atoms with van der Waals surface area (Å²) in [6, 6.07) is 11.0. The summed E-state index contributed by atoms with van der Waals surface area (Å²) >= 11 is 1.57. The zero-order valence-electron chi connectivity index (χ0n) is 17.6. The van der Waals surface area contributed by atoms with Crippen LogP contribution in [-0.4, -0.2) is 46.8 Å². The quantitative estimate of drug-likeness (QED) is 0.667. The predicted octanol–water partition coefficient (Wildman–Crippen LogP) is 3.54. The van der Waals surface area contributed by atoms with Crippen molar-refractivity contribution in [2.45, 2.75) is 50.7 Å². The Balaban J connectivity index is 1.53. The molecule has 0 radical (unpaired) electrons. The maximum atomic E-state index is 13.3. The van der Waals surface area contributed by atoms with Crippen molar-refractivity contribution in [3.8, 4) is 5.75 Å². The Labute approximate surface area is 186 Å². The molecule has 7 nitrogen and oxygen atoms in total. The summed E-state index contributed by atoms with van der Waals surface area (Å²) in [7, 11) is 1.60. The molecule has 1 aromatic carbocycles. The fourth-order valence-corrected chi connectivity index (χ4v) is 5.13. The molecule has 8 heteroatoms. The molecule has 1 saturated heterocycles. The molecular formula is C23H27N3O4S. The van der Waals surface area contributed by atoms with Gasteiger partial charge in [0.25, 0.3) is 5.91 Å². The van der Waals surface area contributed by atoms with Crippen LogP contribution in [0.2, 0.25) is 0 Å². The van der Waals surface area contributed by atoms with Gasteiger partial charge in [-0.1, -0.05) is 43.5 Å². The van der Waals surface area contributed by atoms with E-state index < -0.39 is 11.6 Å². The highest BCUT2D eigenvalue weighted by Gasteiger charge is 2.51. The van der Waals surface area contributed by atoms with Crippen LogP contribution in [0.15, 0.2) is 41.8 Å². The Morgan fingerprint density at radius 3 is 2.61 bits per heavy atom. The first-order valence-electron chi connectivity index (χ1n) is 10.6. The molecule has 0 unspecified atom stereocenters. The molecule has 1 saturated carbocycles. The first-order valence-corrected chi connectivity index (χ1v) is 11.5. The Morgan fingerprint density at radius 2 is 1.90 bits per heavy atom. The lowest BCUT2D eigenvalue weighted by Crippen LogP contribution is -2.49. The molecule has 1 aromatic heterocycles. The summed E-state index contributed by atoms with van der Waals surface area (Å²) in [6.07, 6.45) is 4.17. The minimum atomic E-state index is -0.823. The van der Waals surface area contributed by atoms with Gasteiger partial charge in [0.1, 0.15) is 17.8 Å². The van der Waals surface area contributed by atoms with Crippen molar-refractivity contribution in [2.24, 2.45) is 0 Å². The van der Waals surface area contributed by atoms with Gasteiger partial charge >= 0.3 is 6.03 Å². The third-order valence-electron chi connectivity index (χ3n) is 6.08. The second kappa shape index (κ2) is 9.09. The Bertz CT molecular complexity index is 953. The number of para-hydroxylation sites is 1. The summed E-state index contributed by atoms with van der Waals surface area (Å²) in [5.41, 5.74) is 0.0486. The molecule has 1 N–H and O–H groups in total. The molecule has 164 valence electrons. The van der Waals surface area contributed by atoms with E-state index in [2.05, 4.69) is 5.32 Å². The zero-order valence-corrected chi connectivity index (χ0v) is 18.5. The zero-order chi connectivity index (χ0) is 21.8. The number of methoxy groups -OCH3 is 1. The molecule has 1 spiro atoms. The summed E-state index contributed by atoms with van der Waals surface area (Å²) in [4.78, 5) is 42.8. The number of nitrogens with one attached hydrogen (secondary N) is 1. The molecule has 4 amide bonds. The average Bonchev–Trinajstić information content (AvgIpc) is 3.37. The van der Waals surface area contributed by atoms with Gasteiger partial charge < -0.3 is 15.0 Å². The van der Waals surface area contributed by atoms with Crippen LogP contribution in [0.3, 0.4) is 0 Å². The van der Waals surface area contributed by atoms with E-state index in [1.54, 1.807) is 23.3 Å². The van der Waals surface area contributed by atoms with E-state index in [1.165, 1.54) is 0 Å². The van der Waals surface area contributed by atoms with Gasteiger partial charge in [-0.15, -0.1) is 11.3 Å². The van der Waals surface area contributed by atoms with Crippen molar-refractivity contribution in [1.82, 2.24) is 15.1 Å². The van der Waals surface area contributed by atoms with Crippen molar-refractivity contribution in [1.29, 1.82) is 0 Å². The summed E-state index contributed by atoms with van der Waals surface area (Å²) in [5.74, 6) is 0.164. The van der Waals surface area contributed by atoms with Crippen LogP contribution >= 0.6 is 11.3 Å². The Morgan fingerprint density at radius 1 is 1.13 bits per heavy atom. The number of hydrogen-bond acceptors (Lipinski definition) is 5. The minimum Gasteiger partial charge on any atom is -0.496 e. The summed E-state index contributed by atoms with van der Waals surface area (Å²) in [5, 5.41) is 4.84. The van der Waals surface area contributed by atoms with E-state index in [1.807, 2.05) is 41.8 Å². The average molecular weight is 442 g/mol. The van der Waals surface area contributed by atoms with Crippen molar-refractivity contribution < 1.29 is 19.1 Å². The third kappa shape index (κ3) is 4.44. The number of benzene rings is 1. The maximum absolute atomic E-state index is 13.3. The van der Waals surface area contributed by atoms with Crippen molar-refractivity contribution in [3.63, 3.8) is 0 Å². The van der Waals surface area contributed by atoms with Gasteiger partial charge in [-0.25, -0.2) is 4.79 Å². The number of carbonyl (C=O) groups excluding carboxylic acids is 3. The largest absolute Gasteiger partial charge is 0.496 e. The number of hydrogen-bond donors (Lipinski definition) is 1. The van der Waals surface area contributed by atoms with E-state index >= 15 is 0 Å². The van der Waals surface area contributed by atoms with Crippen LogP contribution in [0.1, 0.15) is 42.5 Å². The Hall–Kier alpha value is -2.87. The maximum Gasteiger partial charge on any atom is 0.325 e. The van der Waals surface area contributed by atoms with Crippen LogP contribution in [0, 0.1) is 0 Å². The lowest BCUT2D eigenvalue weighted by atomic mass is 9.82. The molecule has 1 aliphatic heterocycles. The first kappa shape index (κ1) is 21.4. The number of amides is 4.